The zero-order valence-corrected chi connectivity index (χ0v) is 10.9. The molecule has 1 aromatic carbocycles. The third-order valence-electron chi connectivity index (χ3n) is 2.78. The van der Waals surface area contributed by atoms with Gasteiger partial charge in [0, 0.05) is 18.8 Å². The fourth-order valence-corrected chi connectivity index (χ4v) is 1.76. The molecule has 0 radical (unpaired) electrons. The first-order valence-electron chi connectivity index (χ1n) is 6.01. The second kappa shape index (κ2) is 6.29. The summed E-state index contributed by atoms with van der Waals surface area (Å²) in [7, 11) is 1.31. The average Bonchev–Trinajstić information content (AvgIpc) is 2.91. The molecule has 1 aromatic heterocycles. The Bertz CT molecular complexity index is 611. The summed E-state index contributed by atoms with van der Waals surface area (Å²) in [4.78, 5) is 14.1. The number of hydrogen-bond donors (Lipinski definition) is 2. The van der Waals surface area contributed by atoms with Gasteiger partial charge in [0.25, 0.3) is 0 Å². The molecule has 0 bridgehead atoms. The molecule has 0 saturated carbocycles. The molecule has 2 aromatic rings. The van der Waals surface area contributed by atoms with Gasteiger partial charge in [-0.25, -0.2) is 13.6 Å². The molecule has 0 amide bonds. The highest BCUT2D eigenvalue weighted by molar-refractivity contribution is 5.87. The van der Waals surface area contributed by atoms with Crippen LogP contribution >= 0.6 is 0 Å². The monoisotopic (exact) mass is 280 g/mol. The van der Waals surface area contributed by atoms with Gasteiger partial charge in [0.05, 0.1) is 7.11 Å². The van der Waals surface area contributed by atoms with E-state index in [1.165, 1.54) is 13.2 Å². The van der Waals surface area contributed by atoms with Crippen LogP contribution in [0.4, 0.5) is 8.78 Å². The van der Waals surface area contributed by atoms with Crippen LogP contribution in [0.1, 0.15) is 21.7 Å². The van der Waals surface area contributed by atoms with Crippen molar-refractivity contribution in [1.82, 2.24) is 10.3 Å². The third kappa shape index (κ3) is 3.42. The number of carbonyl (C=O) groups is 1. The minimum Gasteiger partial charge on any atom is -0.464 e. The molecule has 106 valence electrons. The maximum Gasteiger partial charge on any atom is 0.354 e. The number of benzene rings is 1. The van der Waals surface area contributed by atoms with Crippen molar-refractivity contribution >= 4 is 5.97 Å². The maximum absolute atomic E-state index is 13.0. The second-order valence-corrected chi connectivity index (χ2v) is 4.24. The Morgan fingerprint density at radius 3 is 2.70 bits per heavy atom. The summed E-state index contributed by atoms with van der Waals surface area (Å²) < 4.78 is 30.3. The van der Waals surface area contributed by atoms with Crippen LogP contribution in [0.3, 0.4) is 0 Å². The fourth-order valence-electron chi connectivity index (χ4n) is 1.76. The van der Waals surface area contributed by atoms with Gasteiger partial charge in [0.1, 0.15) is 5.69 Å². The normalized spacial score (nSPS) is 10.6. The molecule has 20 heavy (non-hydrogen) atoms. The highest BCUT2D eigenvalue weighted by atomic mass is 19.2. The summed E-state index contributed by atoms with van der Waals surface area (Å²) in [5.74, 6) is -2.16. The lowest BCUT2D eigenvalue weighted by Gasteiger charge is -2.04. The number of nitrogens with one attached hydrogen (secondary N) is 2. The van der Waals surface area contributed by atoms with E-state index in [9.17, 15) is 13.6 Å². The maximum atomic E-state index is 13.0. The molecule has 0 fully saturated rings. The van der Waals surface area contributed by atoms with E-state index in [2.05, 4.69) is 15.0 Å². The van der Waals surface area contributed by atoms with Gasteiger partial charge in [-0.3, -0.25) is 0 Å². The largest absolute Gasteiger partial charge is 0.464 e. The van der Waals surface area contributed by atoms with E-state index in [1.54, 1.807) is 12.1 Å². The lowest BCUT2D eigenvalue weighted by molar-refractivity contribution is 0.0594. The number of H-pyrrole nitrogens is 1. The van der Waals surface area contributed by atoms with Crippen molar-refractivity contribution in [3.05, 3.63) is 58.9 Å². The summed E-state index contributed by atoms with van der Waals surface area (Å²) >= 11 is 0. The van der Waals surface area contributed by atoms with Gasteiger partial charge in [-0.05, 0) is 29.8 Å². The Hall–Kier alpha value is -2.21. The zero-order valence-electron chi connectivity index (χ0n) is 10.9. The van der Waals surface area contributed by atoms with E-state index in [1.807, 2.05) is 0 Å². The molecule has 1 heterocycles. The Balaban J connectivity index is 1.88. The second-order valence-electron chi connectivity index (χ2n) is 4.24. The first kappa shape index (κ1) is 14.2. The van der Waals surface area contributed by atoms with E-state index in [0.29, 0.717) is 24.3 Å². The number of halogens is 2. The Morgan fingerprint density at radius 2 is 2.00 bits per heavy atom. The van der Waals surface area contributed by atoms with E-state index in [4.69, 9.17) is 0 Å². The van der Waals surface area contributed by atoms with Crippen molar-refractivity contribution in [2.75, 3.05) is 7.11 Å². The number of rotatable bonds is 5. The molecule has 6 heteroatoms. The Morgan fingerprint density at radius 1 is 1.20 bits per heavy atom. The van der Waals surface area contributed by atoms with E-state index >= 15 is 0 Å². The molecule has 0 unspecified atom stereocenters. The van der Waals surface area contributed by atoms with Crippen LogP contribution in [-0.4, -0.2) is 18.1 Å². The number of methoxy groups -OCH3 is 1. The molecular weight excluding hydrogens is 266 g/mol. The van der Waals surface area contributed by atoms with Gasteiger partial charge in [0.15, 0.2) is 11.6 Å². The summed E-state index contributed by atoms with van der Waals surface area (Å²) in [6, 6.07) is 7.14. The third-order valence-corrected chi connectivity index (χ3v) is 2.78. The predicted molar refractivity (Wildman–Crippen MR) is 69.0 cm³/mol. The SMILES string of the molecule is COC(=O)c1ccc(CNCc2ccc(F)c(F)c2)[nH]1. The van der Waals surface area contributed by atoms with Gasteiger partial charge in [-0.2, -0.15) is 0 Å². The van der Waals surface area contributed by atoms with Crippen LogP contribution in [0.5, 0.6) is 0 Å². The molecule has 0 aliphatic carbocycles. The minimum absolute atomic E-state index is 0.372. The van der Waals surface area contributed by atoms with Crippen molar-refractivity contribution in [3.8, 4) is 0 Å². The molecule has 0 aliphatic rings. The van der Waals surface area contributed by atoms with Crippen LogP contribution in [0.15, 0.2) is 30.3 Å². The topological polar surface area (TPSA) is 54.1 Å². The number of hydrogen-bond acceptors (Lipinski definition) is 3. The van der Waals surface area contributed by atoms with Crippen LogP contribution < -0.4 is 5.32 Å². The lowest BCUT2D eigenvalue weighted by Crippen LogP contribution is -2.13. The predicted octanol–water partition coefficient (Wildman–Crippen LogP) is 2.37. The number of ether oxygens (including phenoxy) is 1. The highest BCUT2D eigenvalue weighted by Crippen LogP contribution is 2.09. The first-order valence-corrected chi connectivity index (χ1v) is 6.01. The molecule has 0 saturated heterocycles. The van der Waals surface area contributed by atoms with Crippen LogP contribution in [-0.2, 0) is 17.8 Å². The van der Waals surface area contributed by atoms with E-state index in [-0.39, 0.29) is 0 Å². The standard InChI is InChI=1S/C14H14F2N2O2/c1-20-14(19)13-5-3-10(18-13)8-17-7-9-2-4-11(15)12(16)6-9/h2-6,17-18H,7-8H2,1H3. The quantitative estimate of drug-likeness (QED) is 0.827. The molecule has 0 aliphatic heterocycles. The Labute approximate surface area is 114 Å². The van der Waals surface area contributed by atoms with Crippen molar-refractivity contribution in [3.63, 3.8) is 0 Å². The van der Waals surface area contributed by atoms with Crippen LogP contribution in [0.2, 0.25) is 0 Å². The number of aromatic amines is 1. The van der Waals surface area contributed by atoms with Crippen molar-refractivity contribution < 1.29 is 18.3 Å². The average molecular weight is 280 g/mol. The first-order chi connectivity index (χ1) is 9.60. The molecule has 4 nitrogen and oxygen atoms in total. The van der Waals surface area contributed by atoms with Gasteiger partial charge < -0.3 is 15.0 Å². The van der Waals surface area contributed by atoms with E-state index in [0.717, 1.165) is 17.8 Å². The highest BCUT2D eigenvalue weighted by Gasteiger charge is 2.07. The molecule has 0 atom stereocenters. The fraction of sp³-hybridized carbons (Fsp3) is 0.214. The van der Waals surface area contributed by atoms with Crippen molar-refractivity contribution in [1.29, 1.82) is 0 Å². The van der Waals surface area contributed by atoms with Gasteiger partial charge in [-0.1, -0.05) is 6.07 Å². The van der Waals surface area contributed by atoms with Crippen LogP contribution in [0.25, 0.3) is 0 Å². The number of aromatic nitrogens is 1. The zero-order chi connectivity index (χ0) is 14.5. The Kier molecular flexibility index (Phi) is 4.47. The lowest BCUT2D eigenvalue weighted by atomic mass is 10.2. The molecule has 0 spiro atoms. The minimum atomic E-state index is -0.864. The van der Waals surface area contributed by atoms with Crippen molar-refractivity contribution in [2.24, 2.45) is 0 Å². The van der Waals surface area contributed by atoms with Gasteiger partial charge in [0.2, 0.25) is 0 Å². The van der Waals surface area contributed by atoms with E-state index < -0.39 is 17.6 Å². The summed E-state index contributed by atoms with van der Waals surface area (Å²) in [5, 5.41) is 3.06. The van der Waals surface area contributed by atoms with Gasteiger partial charge >= 0.3 is 5.97 Å². The van der Waals surface area contributed by atoms with Gasteiger partial charge in [-0.15, -0.1) is 0 Å². The van der Waals surface area contributed by atoms with Crippen molar-refractivity contribution in [2.45, 2.75) is 13.1 Å². The number of carbonyl (C=O) groups excluding carboxylic acids is 1. The molecule has 2 N–H and O–H groups in total. The summed E-state index contributed by atoms with van der Waals surface area (Å²) in [5.41, 5.74) is 1.81. The smallest absolute Gasteiger partial charge is 0.354 e. The molecular formula is C14H14F2N2O2. The summed E-state index contributed by atoms with van der Waals surface area (Å²) in [6.45, 7) is 0.861. The molecule has 2 rings (SSSR count). The van der Waals surface area contributed by atoms with Crippen LogP contribution in [0, 0.1) is 11.6 Å². The number of esters is 1. The summed E-state index contributed by atoms with van der Waals surface area (Å²) in [6.07, 6.45) is 0.